The molecular weight excluding hydrogens is 210 g/mol. The third-order valence-electron chi connectivity index (χ3n) is 5.78. The highest BCUT2D eigenvalue weighted by Gasteiger charge is 2.50. The van der Waals surface area contributed by atoms with Crippen LogP contribution in [0.4, 0.5) is 0 Å². The van der Waals surface area contributed by atoms with Crippen LogP contribution in [0, 0.1) is 35.5 Å². The monoisotopic (exact) mass is 235 g/mol. The van der Waals surface area contributed by atoms with Gasteiger partial charge in [0.25, 0.3) is 0 Å². The van der Waals surface area contributed by atoms with Crippen molar-refractivity contribution in [3.05, 3.63) is 0 Å². The predicted octanol–water partition coefficient (Wildman–Crippen LogP) is 2.61. The number of hydrogen-bond donors (Lipinski definition) is 1. The summed E-state index contributed by atoms with van der Waals surface area (Å²) in [6, 6.07) is 0. The van der Waals surface area contributed by atoms with Gasteiger partial charge in [-0.05, 0) is 68.2 Å². The SMILES string of the molecule is CC(C(=O)CCN)C1C2CC3CC(C2)CC1C3. The fourth-order valence-electron chi connectivity index (χ4n) is 5.37. The molecule has 4 rings (SSSR count). The normalized spacial score (nSPS) is 44.9. The summed E-state index contributed by atoms with van der Waals surface area (Å²) in [7, 11) is 0. The molecule has 0 aromatic carbocycles. The predicted molar refractivity (Wildman–Crippen MR) is 68.4 cm³/mol. The molecular formula is C15H25NO. The summed E-state index contributed by atoms with van der Waals surface area (Å²) in [5, 5.41) is 0. The average Bonchev–Trinajstić information content (AvgIpc) is 2.27. The molecule has 0 aliphatic heterocycles. The van der Waals surface area contributed by atoms with E-state index in [1.807, 2.05) is 0 Å². The molecule has 4 fully saturated rings. The van der Waals surface area contributed by atoms with Crippen molar-refractivity contribution in [1.82, 2.24) is 0 Å². The maximum absolute atomic E-state index is 12.1. The molecule has 0 aromatic rings. The molecule has 0 aromatic heterocycles. The minimum absolute atomic E-state index is 0.272. The summed E-state index contributed by atoms with van der Waals surface area (Å²) in [4.78, 5) is 12.1. The second kappa shape index (κ2) is 4.38. The smallest absolute Gasteiger partial charge is 0.137 e. The van der Waals surface area contributed by atoms with Gasteiger partial charge in [0.05, 0.1) is 0 Å². The Morgan fingerprint density at radius 1 is 1.12 bits per heavy atom. The third kappa shape index (κ3) is 1.95. The quantitative estimate of drug-likeness (QED) is 0.814. The Morgan fingerprint density at radius 2 is 1.65 bits per heavy atom. The van der Waals surface area contributed by atoms with E-state index in [1.165, 1.54) is 32.1 Å². The van der Waals surface area contributed by atoms with E-state index in [0.717, 1.165) is 23.7 Å². The fourth-order valence-corrected chi connectivity index (χ4v) is 5.37. The average molecular weight is 235 g/mol. The molecule has 2 nitrogen and oxygen atoms in total. The number of carbonyl (C=O) groups excluding carboxylic acids is 1. The molecule has 0 radical (unpaired) electrons. The maximum atomic E-state index is 12.1. The Labute approximate surface area is 104 Å². The first-order valence-corrected chi connectivity index (χ1v) is 7.41. The Bertz CT molecular complexity index is 284. The molecule has 96 valence electrons. The first-order valence-electron chi connectivity index (χ1n) is 7.41. The van der Waals surface area contributed by atoms with Crippen LogP contribution in [-0.4, -0.2) is 12.3 Å². The van der Waals surface area contributed by atoms with Crippen molar-refractivity contribution in [2.45, 2.75) is 45.4 Å². The summed E-state index contributed by atoms with van der Waals surface area (Å²) in [6.45, 7) is 2.70. The maximum Gasteiger partial charge on any atom is 0.137 e. The number of hydrogen-bond acceptors (Lipinski definition) is 2. The molecule has 4 aliphatic rings. The molecule has 17 heavy (non-hydrogen) atoms. The highest BCUT2D eigenvalue weighted by atomic mass is 16.1. The van der Waals surface area contributed by atoms with Crippen LogP contribution in [0.15, 0.2) is 0 Å². The van der Waals surface area contributed by atoms with E-state index in [9.17, 15) is 4.79 Å². The van der Waals surface area contributed by atoms with Gasteiger partial charge in [-0.25, -0.2) is 0 Å². The van der Waals surface area contributed by atoms with E-state index in [2.05, 4.69) is 6.92 Å². The van der Waals surface area contributed by atoms with Crippen molar-refractivity contribution in [3.8, 4) is 0 Å². The summed E-state index contributed by atoms with van der Waals surface area (Å²) in [5.41, 5.74) is 5.52. The zero-order valence-corrected chi connectivity index (χ0v) is 10.9. The Hall–Kier alpha value is -0.370. The lowest BCUT2D eigenvalue weighted by Crippen LogP contribution is -2.48. The first kappa shape index (κ1) is 11.7. The fraction of sp³-hybridized carbons (Fsp3) is 0.933. The zero-order valence-electron chi connectivity index (χ0n) is 10.9. The minimum atomic E-state index is 0.272. The molecule has 0 saturated heterocycles. The topological polar surface area (TPSA) is 43.1 Å². The van der Waals surface area contributed by atoms with E-state index in [0.29, 0.717) is 24.7 Å². The number of carbonyl (C=O) groups is 1. The van der Waals surface area contributed by atoms with Crippen molar-refractivity contribution in [1.29, 1.82) is 0 Å². The number of nitrogens with two attached hydrogens (primary N) is 1. The second-order valence-corrected chi connectivity index (χ2v) is 6.80. The van der Waals surface area contributed by atoms with Gasteiger partial charge >= 0.3 is 0 Å². The molecule has 0 amide bonds. The molecule has 0 heterocycles. The molecule has 4 saturated carbocycles. The first-order chi connectivity index (χ1) is 8.19. The van der Waals surface area contributed by atoms with E-state index in [-0.39, 0.29) is 5.92 Å². The van der Waals surface area contributed by atoms with Crippen LogP contribution in [0.25, 0.3) is 0 Å². The van der Waals surface area contributed by atoms with Gasteiger partial charge in [-0.15, -0.1) is 0 Å². The van der Waals surface area contributed by atoms with E-state index in [4.69, 9.17) is 5.73 Å². The Morgan fingerprint density at radius 3 is 2.12 bits per heavy atom. The van der Waals surface area contributed by atoms with Crippen molar-refractivity contribution in [3.63, 3.8) is 0 Å². The molecule has 2 N–H and O–H groups in total. The van der Waals surface area contributed by atoms with Crippen LogP contribution in [0.3, 0.4) is 0 Å². The largest absolute Gasteiger partial charge is 0.330 e. The summed E-state index contributed by atoms with van der Waals surface area (Å²) in [5.74, 6) is 5.13. The summed E-state index contributed by atoms with van der Waals surface area (Å²) in [6.07, 6.45) is 7.74. The van der Waals surface area contributed by atoms with E-state index < -0.39 is 0 Å². The van der Waals surface area contributed by atoms with Crippen molar-refractivity contribution in [2.75, 3.05) is 6.54 Å². The van der Waals surface area contributed by atoms with Crippen molar-refractivity contribution >= 4 is 5.78 Å². The lowest BCUT2D eigenvalue weighted by molar-refractivity contribution is -0.131. The standard InChI is InChI=1S/C15H25NO/c1-9(14(17)2-3-16)15-12-5-10-4-11(7-12)8-13(15)6-10/h9-13,15H,2-8,16H2,1H3. The Balaban J connectivity index is 1.73. The van der Waals surface area contributed by atoms with Crippen LogP contribution in [0.2, 0.25) is 0 Å². The Kier molecular flexibility index (Phi) is 3.02. The molecule has 0 spiro atoms. The van der Waals surface area contributed by atoms with Crippen molar-refractivity contribution in [2.24, 2.45) is 41.2 Å². The highest BCUT2D eigenvalue weighted by Crippen LogP contribution is 2.58. The summed E-state index contributed by atoms with van der Waals surface area (Å²) < 4.78 is 0. The third-order valence-corrected chi connectivity index (χ3v) is 5.78. The molecule has 1 atom stereocenters. The molecule has 1 unspecified atom stereocenters. The molecule has 4 bridgehead atoms. The van der Waals surface area contributed by atoms with Gasteiger partial charge in [-0.1, -0.05) is 6.92 Å². The summed E-state index contributed by atoms with van der Waals surface area (Å²) >= 11 is 0. The molecule has 2 heteroatoms. The van der Waals surface area contributed by atoms with Gasteiger partial charge < -0.3 is 5.73 Å². The second-order valence-electron chi connectivity index (χ2n) is 6.80. The highest BCUT2D eigenvalue weighted by molar-refractivity contribution is 5.81. The van der Waals surface area contributed by atoms with Gasteiger partial charge in [0.15, 0.2) is 0 Å². The van der Waals surface area contributed by atoms with Crippen molar-refractivity contribution < 1.29 is 4.79 Å². The lowest BCUT2D eigenvalue weighted by Gasteiger charge is -2.56. The zero-order chi connectivity index (χ0) is 12.0. The number of rotatable bonds is 4. The van der Waals surface area contributed by atoms with Crippen LogP contribution < -0.4 is 5.73 Å². The van der Waals surface area contributed by atoms with Crippen LogP contribution in [-0.2, 0) is 4.79 Å². The molecule has 4 aliphatic carbocycles. The van der Waals surface area contributed by atoms with Gasteiger partial charge in [-0.3, -0.25) is 4.79 Å². The van der Waals surface area contributed by atoms with Gasteiger partial charge in [0.2, 0.25) is 0 Å². The number of ketones is 1. The van der Waals surface area contributed by atoms with Gasteiger partial charge in [0, 0.05) is 12.3 Å². The van der Waals surface area contributed by atoms with Crippen LogP contribution >= 0.6 is 0 Å². The van der Waals surface area contributed by atoms with Gasteiger partial charge in [0.1, 0.15) is 5.78 Å². The van der Waals surface area contributed by atoms with Crippen LogP contribution in [0.5, 0.6) is 0 Å². The van der Waals surface area contributed by atoms with E-state index >= 15 is 0 Å². The van der Waals surface area contributed by atoms with Gasteiger partial charge in [-0.2, -0.15) is 0 Å². The van der Waals surface area contributed by atoms with E-state index in [1.54, 1.807) is 0 Å². The minimum Gasteiger partial charge on any atom is -0.330 e. The lowest BCUT2D eigenvalue weighted by atomic mass is 9.49. The number of Topliss-reactive ketones (excluding diaryl/α,β-unsaturated/α-hetero) is 1. The van der Waals surface area contributed by atoms with Crippen LogP contribution in [0.1, 0.15) is 45.4 Å².